The van der Waals surface area contributed by atoms with Gasteiger partial charge < -0.3 is 10.6 Å². The Labute approximate surface area is 252 Å². The van der Waals surface area contributed by atoms with Crippen molar-refractivity contribution in [3.05, 3.63) is 41.1 Å². The fourth-order valence-electron chi connectivity index (χ4n) is 7.63. The smallest absolute Gasteiger partial charge is 0.276 e. The summed E-state index contributed by atoms with van der Waals surface area (Å²) in [6.45, 7) is 3.74. The van der Waals surface area contributed by atoms with E-state index in [9.17, 15) is 22.8 Å². The van der Waals surface area contributed by atoms with Gasteiger partial charge in [-0.25, -0.2) is 27.3 Å². The molecule has 0 spiro atoms. The second-order valence-electron chi connectivity index (χ2n) is 13.9. The van der Waals surface area contributed by atoms with Gasteiger partial charge in [0.05, 0.1) is 30.2 Å². The minimum Gasteiger partial charge on any atom is -0.349 e. The molecule has 5 aliphatic rings. The highest BCUT2D eigenvalue weighted by atomic mass is 19.3. The Kier molecular flexibility index (Phi) is 7.19. The third-order valence-electron chi connectivity index (χ3n) is 10.2. The predicted molar refractivity (Wildman–Crippen MR) is 151 cm³/mol. The number of fused-ring (bicyclic) bond motifs is 2. The number of hydrogen-bond donors (Lipinski definition) is 2. The molecule has 44 heavy (non-hydrogen) atoms. The minimum atomic E-state index is -2.73. The van der Waals surface area contributed by atoms with E-state index in [1.165, 1.54) is 0 Å². The van der Waals surface area contributed by atoms with Crippen molar-refractivity contribution in [2.45, 2.75) is 108 Å². The van der Waals surface area contributed by atoms with Gasteiger partial charge in [0.2, 0.25) is 11.8 Å². The van der Waals surface area contributed by atoms with Gasteiger partial charge in [-0.3, -0.25) is 9.59 Å². The Bertz CT molecular complexity index is 1550. The van der Waals surface area contributed by atoms with Gasteiger partial charge >= 0.3 is 0 Å². The van der Waals surface area contributed by atoms with Gasteiger partial charge in [0.15, 0.2) is 11.3 Å². The molecule has 1 unspecified atom stereocenters. The minimum absolute atomic E-state index is 0.0630. The van der Waals surface area contributed by atoms with Crippen LogP contribution in [0.25, 0.3) is 5.65 Å². The average Bonchev–Trinajstić information content (AvgIpc) is 3.27. The molecule has 5 aliphatic carbocycles. The van der Waals surface area contributed by atoms with Gasteiger partial charge in [0.1, 0.15) is 11.4 Å². The highest BCUT2D eigenvalue weighted by Gasteiger charge is 2.57. The molecule has 2 amide bonds. The first-order valence-electron chi connectivity index (χ1n) is 15.8. The number of nitrogens with one attached hydrogen (secondary N) is 2. The van der Waals surface area contributed by atoms with E-state index in [-0.39, 0.29) is 61.1 Å². The van der Waals surface area contributed by atoms with Crippen molar-refractivity contribution in [2.24, 2.45) is 23.7 Å². The zero-order valence-electron chi connectivity index (χ0n) is 24.9. The SMILES string of the molecule is CC(C)c1nonc1C(=O)N[C@H](c1cn2ncc([C@H](NC(=O)CC3C[C@]4(F)C[C@@H]3C4)C3CC3)cc2n1)C1CCC(F)(F)CC1. The Morgan fingerprint density at radius 1 is 1.02 bits per heavy atom. The standard InChI is InChI=1S/C31H38F3N7O3/c1-16(2)25-28(40-44-39-25)29(43)38-27(18-5-7-31(33,34)8-6-18)22-15-41-23(36-22)9-20(14-35-41)26(17-3-4-17)37-24(42)10-19-11-30(32)12-21(19)13-30/h9,14-19,21,26-27H,3-8,10-13H2,1-2H3,(H,37,42)(H,38,43)/t19?,21-,26-,27+,30+/m1/s1. The normalized spacial score (nSPS) is 27.7. The van der Waals surface area contributed by atoms with Crippen LogP contribution in [-0.4, -0.2) is 48.3 Å². The largest absolute Gasteiger partial charge is 0.349 e. The van der Waals surface area contributed by atoms with Crippen molar-refractivity contribution >= 4 is 17.5 Å². The monoisotopic (exact) mass is 613 g/mol. The number of rotatable bonds is 10. The quantitative estimate of drug-likeness (QED) is 0.304. The van der Waals surface area contributed by atoms with Gasteiger partial charge in [-0.15, -0.1) is 0 Å². The molecule has 0 aliphatic heterocycles. The summed E-state index contributed by atoms with van der Waals surface area (Å²) in [4.78, 5) is 31.2. The zero-order chi connectivity index (χ0) is 30.8. The molecule has 10 nitrogen and oxygen atoms in total. The molecular formula is C31H38F3N7O3. The van der Waals surface area contributed by atoms with E-state index in [4.69, 9.17) is 9.61 Å². The molecule has 3 atom stereocenters. The fourth-order valence-corrected chi connectivity index (χ4v) is 7.63. The molecule has 3 aromatic heterocycles. The van der Waals surface area contributed by atoms with Crippen molar-refractivity contribution < 1.29 is 27.4 Å². The molecule has 0 saturated heterocycles. The molecule has 8 rings (SSSR count). The number of nitrogens with zero attached hydrogens (tertiary/aromatic N) is 5. The molecule has 5 fully saturated rings. The van der Waals surface area contributed by atoms with Crippen LogP contribution in [0.1, 0.15) is 123 Å². The lowest BCUT2D eigenvalue weighted by Crippen LogP contribution is -2.37. The molecule has 236 valence electrons. The summed E-state index contributed by atoms with van der Waals surface area (Å²) in [6.07, 6.45) is 7.31. The molecule has 0 radical (unpaired) electrons. The van der Waals surface area contributed by atoms with Crippen LogP contribution in [0.2, 0.25) is 0 Å². The first kappa shape index (κ1) is 29.2. The van der Waals surface area contributed by atoms with Crippen LogP contribution in [-0.2, 0) is 4.79 Å². The highest BCUT2D eigenvalue weighted by molar-refractivity contribution is 5.93. The van der Waals surface area contributed by atoms with Crippen LogP contribution in [0.5, 0.6) is 0 Å². The number of amides is 2. The van der Waals surface area contributed by atoms with Crippen molar-refractivity contribution in [1.29, 1.82) is 0 Å². The summed E-state index contributed by atoms with van der Waals surface area (Å²) >= 11 is 0. The molecule has 3 aromatic rings. The van der Waals surface area contributed by atoms with Crippen LogP contribution in [0, 0.1) is 23.7 Å². The maximum absolute atomic E-state index is 14.4. The van der Waals surface area contributed by atoms with Gasteiger partial charge in [-0.2, -0.15) is 5.10 Å². The molecule has 2 bridgehead atoms. The topological polar surface area (TPSA) is 127 Å². The average molecular weight is 614 g/mol. The summed E-state index contributed by atoms with van der Waals surface area (Å²) in [5, 5.41) is 18.4. The highest BCUT2D eigenvalue weighted by Crippen LogP contribution is 2.59. The third kappa shape index (κ3) is 5.69. The molecule has 3 heterocycles. The van der Waals surface area contributed by atoms with E-state index in [0.717, 1.165) is 18.4 Å². The first-order valence-corrected chi connectivity index (χ1v) is 15.8. The summed E-state index contributed by atoms with van der Waals surface area (Å²) < 4.78 is 49.0. The van der Waals surface area contributed by atoms with Crippen molar-refractivity contribution in [2.75, 3.05) is 0 Å². The van der Waals surface area contributed by atoms with Crippen molar-refractivity contribution in [3.63, 3.8) is 0 Å². The van der Waals surface area contributed by atoms with Gasteiger partial charge in [0, 0.05) is 25.2 Å². The fraction of sp³-hybridized carbons (Fsp3) is 0.677. The van der Waals surface area contributed by atoms with Gasteiger partial charge in [-0.05, 0) is 85.4 Å². The van der Waals surface area contributed by atoms with Crippen molar-refractivity contribution in [3.8, 4) is 0 Å². The first-order chi connectivity index (χ1) is 21.0. The number of alkyl halides is 3. The Balaban J connectivity index is 1.12. The summed E-state index contributed by atoms with van der Waals surface area (Å²) in [5.41, 5.74) is 1.29. The van der Waals surface area contributed by atoms with Gasteiger partial charge in [-0.1, -0.05) is 19.0 Å². The Morgan fingerprint density at radius 2 is 1.75 bits per heavy atom. The van der Waals surface area contributed by atoms with E-state index in [0.29, 0.717) is 54.6 Å². The second-order valence-corrected chi connectivity index (χ2v) is 13.9. The summed E-state index contributed by atoms with van der Waals surface area (Å²) in [7, 11) is 0. The Hall–Kier alpha value is -3.51. The molecule has 13 heteroatoms. The van der Waals surface area contributed by atoms with E-state index in [2.05, 4.69) is 26.0 Å². The predicted octanol–water partition coefficient (Wildman–Crippen LogP) is 5.63. The van der Waals surface area contributed by atoms with E-state index in [1.54, 1.807) is 16.9 Å². The lowest BCUT2D eigenvalue weighted by atomic mass is 9.80. The van der Waals surface area contributed by atoms with E-state index in [1.807, 2.05) is 19.9 Å². The number of hydrogen-bond acceptors (Lipinski definition) is 7. The third-order valence-corrected chi connectivity index (χ3v) is 10.2. The lowest BCUT2D eigenvalue weighted by Gasteiger charge is -2.33. The molecule has 5 saturated carbocycles. The second kappa shape index (κ2) is 10.8. The number of aromatic nitrogens is 5. The number of carbonyl (C=O) groups is 2. The van der Waals surface area contributed by atoms with Gasteiger partial charge in [0.25, 0.3) is 5.91 Å². The maximum atomic E-state index is 14.4. The van der Waals surface area contributed by atoms with Crippen LogP contribution in [0.3, 0.4) is 0 Å². The van der Waals surface area contributed by atoms with Crippen LogP contribution >= 0.6 is 0 Å². The van der Waals surface area contributed by atoms with Crippen LogP contribution in [0.4, 0.5) is 13.2 Å². The molecular weight excluding hydrogens is 575 g/mol. The summed E-state index contributed by atoms with van der Waals surface area (Å²) in [6, 6.07) is 1.01. The summed E-state index contributed by atoms with van der Waals surface area (Å²) in [5.74, 6) is -2.95. The zero-order valence-corrected chi connectivity index (χ0v) is 24.9. The number of carbonyl (C=O) groups excluding carboxylic acids is 2. The van der Waals surface area contributed by atoms with E-state index < -0.39 is 23.5 Å². The van der Waals surface area contributed by atoms with Crippen LogP contribution in [0.15, 0.2) is 23.1 Å². The van der Waals surface area contributed by atoms with Crippen molar-refractivity contribution in [1.82, 2.24) is 35.5 Å². The maximum Gasteiger partial charge on any atom is 0.276 e. The number of imidazole rings is 1. The molecule has 2 N–H and O–H groups in total. The number of halogens is 3. The lowest BCUT2D eigenvalue weighted by molar-refractivity contribution is -0.123. The van der Waals surface area contributed by atoms with Crippen LogP contribution < -0.4 is 10.6 Å². The molecule has 0 aromatic carbocycles. The Morgan fingerprint density at radius 3 is 2.41 bits per heavy atom. The van der Waals surface area contributed by atoms with E-state index >= 15 is 0 Å².